The molecule has 0 bridgehead atoms. The van der Waals surface area contributed by atoms with Gasteiger partial charge in [0.2, 0.25) is 5.88 Å². The molecule has 7 nitrogen and oxygen atoms in total. The van der Waals surface area contributed by atoms with Crippen molar-refractivity contribution in [2.45, 2.75) is 25.6 Å². The molecule has 0 N–H and O–H groups in total. The Labute approximate surface area is 153 Å². The van der Waals surface area contributed by atoms with E-state index >= 15 is 0 Å². The van der Waals surface area contributed by atoms with Crippen molar-refractivity contribution < 1.29 is 14.3 Å². The number of hydrogen-bond acceptors (Lipinski definition) is 6. The molecule has 26 heavy (non-hydrogen) atoms. The molecule has 7 heteroatoms. The summed E-state index contributed by atoms with van der Waals surface area (Å²) >= 11 is 0. The van der Waals surface area contributed by atoms with E-state index < -0.39 is 6.10 Å². The van der Waals surface area contributed by atoms with Crippen molar-refractivity contribution in [3.63, 3.8) is 0 Å². The molecule has 2 aromatic rings. The van der Waals surface area contributed by atoms with Crippen molar-refractivity contribution in [1.82, 2.24) is 15.1 Å². The predicted octanol–water partition coefficient (Wildman–Crippen LogP) is 1.99. The van der Waals surface area contributed by atoms with Crippen LogP contribution in [0.1, 0.15) is 13.3 Å². The lowest BCUT2D eigenvalue weighted by Gasteiger charge is -2.21. The molecule has 1 amide bonds. The maximum absolute atomic E-state index is 12.6. The van der Waals surface area contributed by atoms with Gasteiger partial charge in [0.25, 0.3) is 5.91 Å². The summed E-state index contributed by atoms with van der Waals surface area (Å²) in [5, 5.41) is 8.18. The molecule has 0 aliphatic carbocycles. The van der Waals surface area contributed by atoms with Crippen LogP contribution in [0, 0.1) is 0 Å². The molecule has 1 saturated heterocycles. The van der Waals surface area contributed by atoms with Gasteiger partial charge in [0.05, 0.1) is 6.54 Å². The van der Waals surface area contributed by atoms with Gasteiger partial charge >= 0.3 is 0 Å². The monoisotopic (exact) mass is 356 g/mol. The van der Waals surface area contributed by atoms with Crippen molar-refractivity contribution in [2.75, 3.05) is 32.1 Å². The first-order valence-electron chi connectivity index (χ1n) is 8.71. The second-order valence-electron chi connectivity index (χ2n) is 6.51. The Hall–Kier alpha value is -2.83. The highest BCUT2D eigenvalue weighted by atomic mass is 16.5. The number of benzene rings is 1. The van der Waals surface area contributed by atoms with Crippen LogP contribution < -0.4 is 14.4 Å². The Kier molecular flexibility index (Phi) is 5.55. The highest BCUT2D eigenvalue weighted by molar-refractivity contribution is 5.81. The molecule has 1 aliphatic heterocycles. The van der Waals surface area contributed by atoms with Crippen molar-refractivity contribution in [1.29, 1.82) is 0 Å². The van der Waals surface area contributed by atoms with Crippen LogP contribution in [0.2, 0.25) is 0 Å². The Morgan fingerprint density at radius 1 is 1.19 bits per heavy atom. The van der Waals surface area contributed by atoms with Crippen molar-refractivity contribution in [2.24, 2.45) is 0 Å². The maximum Gasteiger partial charge on any atom is 0.263 e. The van der Waals surface area contributed by atoms with E-state index in [0.29, 0.717) is 24.7 Å². The number of para-hydroxylation sites is 1. The van der Waals surface area contributed by atoms with Crippen molar-refractivity contribution in [3.8, 4) is 11.6 Å². The summed E-state index contributed by atoms with van der Waals surface area (Å²) in [6.45, 7) is 2.95. The summed E-state index contributed by atoms with van der Waals surface area (Å²) in [6, 6.07) is 13.0. The summed E-state index contributed by atoms with van der Waals surface area (Å²) < 4.78 is 11.6. The van der Waals surface area contributed by atoms with Crippen LogP contribution in [0.15, 0.2) is 42.5 Å². The summed E-state index contributed by atoms with van der Waals surface area (Å²) in [5.74, 6) is 1.90. The number of ether oxygens (including phenoxy) is 2. The van der Waals surface area contributed by atoms with E-state index in [1.165, 1.54) is 0 Å². The van der Waals surface area contributed by atoms with Crippen LogP contribution >= 0.6 is 0 Å². The zero-order chi connectivity index (χ0) is 18.5. The standard InChI is InChI=1S/C19H24N4O3/c1-14(25-15-7-5-4-6-8-15)19(24)23-12-11-16(13-23)26-18-10-9-17(20-21-18)22(2)3/h4-10,14,16H,11-13H2,1-3H3. The normalized spacial score (nSPS) is 17.7. The molecule has 2 heterocycles. The summed E-state index contributed by atoms with van der Waals surface area (Å²) in [7, 11) is 3.81. The number of anilines is 1. The fourth-order valence-electron chi connectivity index (χ4n) is 2.82. The van der Waals surface area contributed by atoms with Gasteiger partial charge in [-0.2, -0.15) is 0 Å². The van der Waals surface area contributed by atoms with Gasteiger partial charge in [0.1, 0.15) is 11.9 Å². The van der Waals surface area contributed by atoms with Gasteiger partial charge in [-0.3, -0.25) is 4.79 Å². The Morgan fingerprint density at radius 2 is 1.96 bits per heavy atom. The highest BCUT2D eigenvalue weighted by Crippen LogP contribution is 2.19. The fraction of sp³-hybridized carbons (Fsp3) is 0.421. The number of carbonyl (C=O) groups excluding carboxylic acids is 1. The Bertz CT molecular complexity index is 721. The van der Waals surface area contributed by atoms with Crippen LogP contribution in [-0.2, 0) is 4.79 Å². The third-order valence-electron chi connectivity index (χ3n) is 4.23. The molecule has 0 spiro atoms. The van der Waals surface area contributed by atoms with Gasteiger partial charge in [-0.15, -0.1) is 10.2 Å². The van der Waals surface area contributed by atoms with Crippen LogP contribution in [-0.4, -0.2) is 60.4 Å². The molecular formula is C19H24N4O3. The second kappa shape index (κ2) is 8.03. The zero-order valence-corrected chi connectivity index (χ0v) is 15.3. The van der Waals surface area contributed by atoms with Gasteiger partial charge in [-0.1, -0.05) is 18.2 Å². The molecule has 0 saturated carbocycles. The minimum Gasteiger partial charge on any atom is -0.481 e. The number of likely N-dealkylation sites (tertiary alicyclic amines) is 1. The third kappa shape index (κ3) is 4.41. The highest BCUT2D eigenvalue weighted by Gasteiger charge is 2.31. The van der Waals surface area contributed by atoms with Gasteiger partial charge in [-0.05, 0) is 25.1 Å². The maximum atomic E-state index is 12.6. The van der Waals surface area contributed by atoms with Gasteiger partial charge in [-0.25, -0.2) is 0 Å². The van der Waals surface area contributed by atoms with Gasteiger partial charge in [0.15, 0.2) is 11.9 Å². The smallest absolute Gasteiger partial charge is 0.263 e. The van der Waals surface area contributed by atoms with Crippen LogP contribution in [0.25, 0.3) is 0 Å². The first-order chi connectivity index (χ1) is 12.5. The van der Waals surface area contributed by atoms with Gasteiger partial charge in [0, 0.05) is 33.1 Å². The van der Waals surface area contributed by atoms with E-state index in [4.69, 9.17) is 9.47 Å². The zero-order valence-electron chi connectivity index (χ0n) is 15.3. The fourth-order valence-corrected chi connectivity index (χ4v) is 2.82. The first-order valence-corrected chi connectivity index (χ1v) is 8.71. The number of aromatic nitrogens is 2. The van der Waals surface area contributed by atoms with E-state index in [1.54, 1.807) is 17.9 Å². The molecule has 3 rings (SSSR count). The average Bonchev–Trinajstić information content (AvgIpc) is 3.10. The molecular weight excluding hydrogens is 332 g/mol. The second-order valence-corrected chi connectivity index (χ2v) is 6.51. The SMILES string of the molecule is CC(Oc1ccccc1)C(=O)N1CCC(Oc2ccc(N(C)C)nn2)C1. The molecule has 1 aromatic heterocycles. The number of hydrogen-bond donors (Lipinski definition) is 0. The lowest BCUT2D eigenvalue weighted by atomic mass is 10.3. The quantitative estimate of drug-likeness (QED) is 0.789. The largest absolute Gasteiger partial charge is 0.481 e. The van der Waals surface area contributed by atoms with Crippen molar-refractivity contribution in [3.05, 3.63) is 42.5 Å². The summed E-state index contributed by atoms with van der Waals surface area (Å²) in [6.07, 6.45) is 0.152. The van der Waals surface area contributed by atoms with E-state index in [-0.39, 0.29) is 12.0 Å². The van der Waals surface area contributed by atoms with Crippen LogP contribution in [0.4, 0.5) is 5.82 Å². The van der Waals surface area contributed by atoms with E-state index in [2.05, 4.69) is 10.2 Å². The number of carbonyl (C=O) groups is 1. The predicted molar refractivity (Wildman–Crippen MR) is 98.5 cm³/mol. The van der Waals surface area contributed by atoms with E-state index in [0.717, 1.165) is 12.2 Å². The Balaban J connectivity index is 1.52. The number of amides is 1. The van der Waals surface area contributed by atoms with Gasteiger partial charge < -0.3 is 19.3 Å². The summed E-state index contributed by atoms with van der Waals surface area (Å²) in [5.41, 5.74) is 0. The average molecular weight is 356 g/mol. The molecule has 2 atom stereocenters. The molecule has 1 aliphatic rings. The topological polar surface area (TPSA) is 67.8 Å². The molecule has 1 aromatic carbocycles. The van der Waals surface area contributed by atoms with Crippen molar-refractivity contribution >= 4 is 11.7 Å². The molecule has 1 fully saturated rings. The minimum absolute atomic E-state index is 0.0333. The summed E-state index contributed by atoms with van der Waals surface area (Å²) in [4.78, 5) is 16.2. The third-order valence-corrected chi connectivity index (χ3v) is 4.23. The number of rotatable bonds is 6. The van der Waals surface area contributed by atoms with Crippen LogP contribution in [0.5, 0.6) is 11.6 Å². The lowest BCUT2D eigenvalue weighted by Crippen LogP contribution is -2.40. The van der Waals surface area contributed by atoms with E-state index in [9.17, 15) is 4.79 Å². The Morgan fingerprint density at radius 3 is 2.62 bits per heavy atom. The molecule has 0 radical (unpaired) electrons. The lowest BCUT2D eigenvalue weighted by molar-refractivity contribution is -0.137. The molecule has 138 valence electrons. The number of nitrogens with zero attached hydrogens (tertiary/aromatic N) is 4. The van der Waals surface area contributed by atoms with Crippen LogP contribution in [0.3, 0.4) is 0 Å². The molecule has 2 unspecified atom stereocenters. The minimum atomic E-state index is -0.532. The first kappa shape index (κ1) is 18.0. The van der Waals surface area contributed by atoms with E-state index in [1.807, 2.05) is 55.4 Å².